The molecule has 0 radical (unpaired) electrons. The summed E-state index contributed by atoms with van der Waals surface area (Å²) in [7, 11) is 1.75. The lowest BCUT2D eigenvalue weighted by Gasteiger charge is -2.36. The SMILES string of the molecule is C=C(Br)CC(N)CC(OC)(c1ccccc1)c1ccccc1. The van der Waals surface area contributed by atoms with E-state index in [2.05, 4.69) is 46.8 Å². The minimum atomic E-state index is -0.551. The van der Waals surface area contributed by atoms with Crippen LogP contribution in [0.3, 0.4) is 0 Å². The molecule has 2 aromatic rings. The van der Waals surface area contributed by atoms with Gasteiger partial charge in [-0.05, 0) is 22.0 Å². The molecule has 2 aromatic carbocycles. The predicted octanol–water partition coefficient (Wildman–Crippen LogP) is 4.59. The molecule has 0 aliphatic rings. The highest BCUT2D eigenvalue weighted by Crippen LogP contribution is 2.38. The molecule has 0 saturated heterocycles. The van der Waals surface area contributed by atoms with Gasteiger partial charge in [-0.3, -0.25) is 0 Å². The summed E-state index contributed by atoms with van der Waals surface area (Å²) in [4.78, 5) is 0. The summed E-state index contributed by atoms with van der Waals surface area (Å²) >= 11 is 3.40. The molecule has 22 heavy (non-hydrogen) atoms. The van der Waals surface area contributed by atoms with Gasteiger partial charge in [-0.2, -0.15) is 0 Å². The van der Waals surface area contributed by atoms with Gasteiger partial charge in [0.15, 0.2) is 0 Å². The molecule has 2 N–H and O–H groups in total. The maximum Gasteiger partial charge on any atom is 0.119 e. The smallest absolute Gasteiger partial charge is 0.119 e. The first-order valence-electron chi connectivity index (χ1n) is 7.33. The van der Waals surface area contributed by atoms with Gasteiger partial charge >= 0.3 is 0 Å². The molecular weight excluding hydrogens is 338 g/mol. The topological polar surface area (TPSA) is 35.2 Å². The molecular formula is C19H22BrNO. The van der Waals surface area contributed by atoms with Crippen molar-refractivity contribution >= 4 is 15.9 Å². The average Bonchev–Trinajstić information content (AvgIpc) is 2.53. The second-order valence-electron chi connectivity index (χ2n) is 5.45. The molecule has 1 atom stereocenters. The zero-order valence-electron chi connectivity index (χ0n) is 12.8. The zero-order valence-corrected chi connectivity index (χ0v) is 14.4. The first-order valence-corrected chi connectivity index (χ1v) is 8.13. The van der Waals surface area contributed by atoms with E-state index in [-0.39, 0.29) is 6.04 Å². The number of methoxy groups -OCH3 is 1. The van der Waals surface area contributed by atoms with Crippen LogP contribution >= 0.6 is 15.9 Å². The van der Waals surface area contributed by atoms with Crippen molar-refractivity contribution < 1.29 is 4.74 Å². The molecule has 0 bridgehead atoms. The van der Waals surface area contributed by atoms with E-state index in [1.54, 1.807) is 7.11 Å². The Balaban J connectivity index is 2.46. The van der Waals surface area contributed by atoms with Gasteiger partial charge in [-0.15, -0.1) is 0 Å². The van der Waals surface area contributed by atoms with Crippen LogP contribution in [0.1, 0.15) is 24.0 Å². The fourth-order valence-electron chi connectivity index (χ4n) is 2.86. The number of benzene rings is 2. The minimum Gasteiger partial charge on any atom is -0.369 e. The molecule has 0 amide bonds. The van der Waals surface area contributed by atoms with Gasteiger partial charge in [-0.25, -0.2) is 0 Å². The Bertz CT molecular complexity index is 558. The molecule has 0 saturated carbocycles. The van der Waals surface area contributed by atoms with Crippen LogP contribution in [0.2, 0.25) is 0 Å². The van der Waals surface area contributed by atoms with Crippen molar-refractivity contribution in [3.05, 3.63) is 82.9 Å². The minimum absolute atomic E-state index is 0.0489. The van der Waals surface area contributed by atoms with Crippen molar-refractivity contribution in [2.24, 2.45) is 5.73 Å². The molecule has 116 valence electrons. The van der Waals surface area contributed by atoms with Crippen molar-refractivity contribution in [3.63, 3.8) is 0 Å². The quantitative estimate of drug-likeness (QED) is 0.784. The maximum atomic E-state index is 6.34. The summed E-state index contributed by atoms with van der Waals surface area (Å²) in [6.45, 7) is 3.89. The lowest BCUT2D eigenvalue weighted by Crippen LogP contribution is -2.37. The Morgan fingerprint density at radius 1 is 1.09 bits per heavy atom. The average molecular weight is 360 g/mol. The Labute approximate surface area is 141 Å². The van der Waals surface area contributed by atoms with Crippen LogP contribution < -0.4 is 5.73 Å². The number of rotatable bonds is 7. The first kappa shape index (κ1) is 16.9. The van der Waals surface area contributed by atoms with Crippen molar-refractivity contribution in [1.82, 2.24) is 0 Å². The van der Waals surface area contributed by atoms with E-state index in [1.165, 1.54) is 0 Å². The second-order valence-corrected chi connectivity index (χ2v) is 6.57. The molecule has 0 aromatic heterocycles. The van der Waals surface area contributed by atoms with Crippen LogP contribution in [0.5, 0.6) is 0 Å². The van der Waals surface area contributed by atoms with E-state index in [0.29, 0.717) is 12.8 Å². The van der Waals surface area contributed by atoms with Gasteiger partial charge in [0, 0.05) is 19.6 Å². The van der Waals surface area contributed by atoms with Crippen molar-refractivity contribution in [3.8, 4) is 0 Å². The molecule has 0 fully saturated rings. The Hall–Kier alpha value is -1.42. The molecule has 0 spiro atoms. The highest BCUT2D eigenvalue weighted by atomic mass is 79.9. The van der Waals surface area contributed by atoms with Gasteiger partial charge in [0.05, 0.1) is 0 Å². The van der Waals surface area contributed by atoms with E-state index in [9.17, 15) is 0 Å². The van der Waals surface area contributed by atoms with E-state index in [4.69, 9.17) is 10.5 Å². The highest BCUT2D eigenvalue weighted by Gasteiger charge is 2.35. The summed E-state index contributed by atoms with van der Waals surface area (Å²) in [5.41, 5.74) is 8.01. The number of nitrogens with two attached hydrogens (primary N) is 1. The monoisotopic (exact) mass is 359 g/mol. The standard InChI is InChI=1S/C19H22BrNO/c1-15(20)13-18(21)14-19(22-2,16-9-5-3-6-10-16)17-11-7-4-8-12-17/h3-12,18H,1,13-14,21H2,2H3. The summed E-state index contributed by atoms with van der Waals surface area (Å²) < 4.78 is 6.95. The number of ether oxygens (including phenoxy) is 1. The van der Waals surface area contributed by atoms with Crippen LogP contribution in [-0.2, 0) is 10.3 Å². The molecule has 0 aliphatic carbocycles. The fraction of sp³-hybridized carbons (Fsp3) is 0.263. The molecule has 0 heterocycles. The third kappa shape index (κ3) is 3.86. The molecule has 3 heteroatoms. The van der Waals surface area contributed by atoms with Gasteiger partial charge in [0.1, 0.15) is 5.60 Å². The lowest BCUT2D eigenvalue weighted by molar-refractivity contribution is 0.00908. The van der Waals surface area contributed by atoms with Crippen LogP contribution in [-0.4, -0.2) is 13.2 Å². The number of halogens is 1. The summed E-state index contributed by atoms with van der Waals surface area (Å²) in [6.07, 6.45) is 1.40. The van der Waals surface area contributed by atoms with E-state index in [1.807, 2.05) is 36.4 Å². The normalized spacial score (nSPS) is 12.9. The van der Waals surface area contributed by atoms with Crippen LogP contribution in [0.15, 0.2) is 71.7 Å². The molecule has 2 nitrogen and oxygen atoms in total. The van der Waals surface area contributed by atoms with E-state index in [0.717, 1.165) is 15.6 Å². The highest BCUT2D eigenvalue weighted by molar-refractivity contribution is 9.11. The van der Waals surface area contributed by atoms with Gasteiger partial charge < -0.3 is 10.5 Å². The predicted molar refractivity (Wildman–Crippen MR) is 95.9 cm³/mol. The Kier molecular flexibility index (Phi) is 5.95. The summed E-state index contributed by atoms with van der Waals surface area (Å²) in [5.74, 6) is 0. The van der Waals surface area contributed by atoms with Crippen molar-refractivity contribution in [2.45, 2.75) is 24.5 Å². The number of hydrogen-bond acceptors (Lipinski definition) is 2. The Morgan fingerprint density at radius 3 is 1.91 bits per heavy atom. The summed E-state index contributed by atoms with van der Waals surface area (Å²) in [5, 5.41) is 0. The van der Waals surface area contributed by atoms with Crippen LogP contribution in [0.4, 0.5) is 0 Å². The number of hydrogen-bond donors (Lipinski definition) is 1. The van der Waals surface area contributed by atoms with Crippen molar-refractivity contribution in [2.75, 3.05) is 7.11 Å². The molecule has 2 rings (SSSR count). The molecule has 1 unspecified atom stereocenters. The van der Waals surface area contributed by atoms with Crippen LogP contribution in [0, 0.1) is 0 Å². The van der Waals surface area contributed by atoms with E-state index >= 15 is 0 Å². The summed E-state index contributed by atoms with van der Waals surface area (Å²) in [6, 6.07) is 20.4. The largest absolute Gasteiger partial charge is 0.369 e. The van der Waals surface area contributed by atoms with E-state index < -0.39 is 5.60 Å². The van der Waals surface area contributed by atoms with Crippen molar-refractivity contribution in [1.29, 1.82) is 0 Å². The third-order valence-electron chi connectivity index (χ3n) is 3.86. The third-order valence-corrected chi connectivity index (χ3v) is 4.19. The van der Waals surface area contributed by atoms with Gasteiger partial charge in [0.2, 0.25) is 0 Å². The van der Waals surface area contributed by atoms with Gasteiger partial charge in [-0.1, -0.05) is 83.2 Å². The molecule has 0 aliphatic heterocycles. The lowest BCUT2D eigenvalue weighted by atomic mass is 9.80. The van der Waals surface area contributed by atoms with Crippen LogP contribution in [0.25, 0.3) is 0 Å². The van der Waals surface area contributed by atoms with Gasteiger partial charge in [0.25, 0.3) is 0 Å². The first-order chi connectivity index (χ1) is 10.6. The maximum absolute atomic E-state index is 6.34. The second kappa shape index (κ2) is 7.73. The Morgan fingerprint density at radius 2 is 1.55 bits per heavy atom. The fourth-order valence-corrected chi connectivity index (χ4v) is 3.28. The zero-order chi connectivity index (χ0) is 16.0.